The summed E-state index contributed by atoms with van der Waals surface area (Å²) in [6.45, 7) is 6.87. The van der Waals surface area contributed by atoms with Crippen LogP contribution in [0.25, 0.3) is 0 Å². The Bertz CT molecular complexity index is 499. The van der Waals surface area contributed by atoms with Gasteiger partial charge in [-0.3, -0.25) is 4.79 Å². The first-order chi connectivity index (χ1) is 8.78. The molecule has 0 heterocycles. The van der Waals surface area contributed by atoms with Gasteiger partial charge in [0.2, 0.25) is 5.91 Å². The smallest absolute Gasteiger partial charge is 0.250 e. The highest BCUT2D eigenvalue weighted by molar-refractivity contribution is 6.34. The van der Waals surface area contributed by atoms with Crippen molar-refractivity contribution in [3.63, 3.8) is 0 Å². The van der Waals surface area contributed by atoms with Crippen molar-refractivity contribution in [2.24, 2.45) is 17.1 Å². The zero-order valence-corrected chi connectivity index (χ0v) is 12.4. The van der Waals surface area contributed by atoms with Crippen molar-refractivity contribution in [1.29, 1.82) is 0 Å². The zero-order valence-electron chi connectivity index (χ0n) is 11.7. The monoisotopic (exact) mass is 280 g/mol. The molecule has 0 aliphatic heterocycles. The third kappa shape index (κ3) is 3.21. The van der Waals surface area contributed by atoms with Crippen molar-refractivity contribution in [2.75, 3.05) is 5.32 Å². The van der Waals surface area contributed by atoms with Crippen LogP contribution in [0.5, 0.6) is 0 Å². The van der Waals surface area contributed by atoms with E-state index in [-0.39, 0.29) is 0 Å². The largest absolute Gasteiger partial charge is 0.382 e. The fourth-order valence-electron chi connectivity index (χ4n) is 3.11. The number of nitrogens with one attached hydrogen (secondary N) is 1. The molecular formula is C15H21ClN2O. The van der Waals surface area contributed by atoms with Crippen LogP contribution in [0, 0.1) is 11.3 Å². The number of rotatable bonds is 3. The standard InChI is InChI=1S/C15H21ClN2O/c1-9-7-15(2,3)8-13(9)18-10-4-5-11(14(17)19)12(16)6-10/h4-6,9,13,18H,7-8H2,1-3H3,(H2,17,19). The molecule has 1 fully saturated rings. The minimum absolute atomic E-state index is 0.368. The molecule has 0 spiro atoms. The Morgan fingerprint density at radius 2 is 2.11 bits per heavy atom. The lowest BCUT2D eigenvalue weighted by molar-refractivity contribution is 0.100. The predicted molar refractivity (Wildman–Crippen MR) is 79.6 cm³/mol. The van der Waals surface area contributed by atoms with Crippen LogP contribution in [0.3, 0.4) is 0 Å². The van der Waals surface area contributed by atoms with Gasteiger partial charge in [0.15, 0.2) is 0 Å². The number of primary amides is 1. The van der Waals surface area contributed by atoms with Gasteiger partial charge in [-0.2, -0.15) is 0 Å². The maximum atomic E-state index is 11.1. The van der Waals surface area contributed by atoms with E-state index >= 15 is 0 Å². The third-order valence-electron chi connectivity index (χ3n) is 3.92. The van der Waals surface area contributed by atoms with Crippen molar-refractivity contribution >= 4 is 23.2 Å². The lowest BCUT2D eigenvalue weighted by Crippen LogP contribution is -2.22. The summed E-state index contributed by atoms with van der Waals surface area (Å²) in [6.07, 6.45) is 2.36. The van der Waals surface area contributed by atoms with Gasteiger partial charge in [-0.05, 0) is 42.4 Å². The second kappa shape index (κ2) is 5.04. The van der Waals surface area contributed by atoms with Crippen LogP contribution in [-0.4, -0.2) is 11.9 Å². The summed E-state index contributed by atoms with van der Waals surface area (Å²) in [5.41, 5.74) is 6.94. The van der Waals surface area contributed by atoms with E-state index in [1.54, 1.807) is 12.1 Å². The maximum Gasteiger partial charge on any atom is 0.250 e. The van der Waals surface area contributed by atoms with Crippen LogP contribution in [-0.2, 0) is 0 Å². The summed E-state index contributed by atoms with van der Waals surface area (Å²) in [6, 6.07) is 5.77. The van der Waals surface area contributed by atoms with E-state index < -0.39 is 5.91 Å². The zero-order chi connectivity index (χ0) is 14.2. The molecule has 3 N–H and O–H groups in total. The average Bonchev–Trinajstić information content (AvgIpc) is 2.51. The Labute approximate surface area is 119 Å². The highest BCUT2D eigenvalue weighted by atomic mass is 35.5. The Morgan fingerprint density at radius 3 is 2.58 bits per heavy atom. The van der Waals surface area contributed by atoms with Gasteiger partial charge in [0.05, 0.1) is 10.6 Å². The molecule has 1 aromatic rings. The molecule has 1 amide bonds. The quantitative estimate of drug-likeness (QED) is 0.887. The second-order valence-electron chi connectivity index (χ2n) is 6.36. The summed E-state index contributed by atoms with van der Waals surface area (Å²) >= 11 is 6.06. The molecule has 0 aromatic heterocycles. The molecule has 0 saturated heterocycles. The normalized spacial score (nSPS) is 25.3. The predicted octanol–water partition coefficient (Wildman–Crippen LogP) is 3.68. The molecule has 2 atom stereocenters. The molecular weight excluding hydrogens is 260 g/mol. The highest BCUT2D eigenvalue weighted by Gasteiger charge is 2.36. The van der Waals surface area contributed by atoms with E-state index in [4.69, 9.17) is 17.3 Å². The van der Waals surface area contributed by atoms with Gasteiger partial charge < -0.3 is 11.1 Å². The molecule has 1 aliphatic rings. The molecule has 1 aliphatic carbocycles. The molecule has 0 bridgehead atoms. The van der Waals surface area contributed by atoms with Crippen LogP contribution in [0.15, 0.2) is 18.2 Å². The highest BCUT2D eigenvalue weighted by Crippen LogP contribution is 2.42. The van der Waals surface area contributed by atoms with Crippen molar-refractivity contribution in [1.82, 2.24) is 0 Å². The average molecular weight is 281 g/mol. The van der Waals surface area contributed by atoms with E-state index in [1.165, 1.54) is 6.42 Å². The maximum absolute atomic E-state index is 11.1. The molecule has 2 unspecified atom stereocenters. The topological polar surface area (TPSA) is 55.1 Å². The number of carbonyl (C=O) groups excluding carboxylic acids is 1. The number of amides is 1. The van der Waals surface area contributed by atoms with Crippen molar-refractivity contribution in [3.05, 3.63) is 28.8 Å². The number of nitrogens with two attached hydrogens (primary N) is 1. The molecule has 1 saturated carbocycles. The number of halogens is 1. The summed E-state index contributed by atoms with van der Waals surface area (Å²) in [4.78, 5) is 11.1. The van der Waals surface area contributed by atoms with E-state index in [0.717, 1.165) is 12.1 Å². The Morgan fingerprint density at radius 1 is 1.42 bits per heavy atom. The van der Waals surface area contributed by atoms with Gasteiger partial charge in [0.1, 0.15) is 0 Å². The molecule has 4 heteroatoms. The van der Waals surface area contributed by atoms with E-state index in [0.29, 0.717) is 28.0 Å². The minimum Gasteiger partial charge on any atom is -0.382 e. The fraction of sp³-hybridized carbons (Fsp3) is 0.533. The van der Waals surface area contributed by atoms with Gasteiger partial charge in [-0.15, -0.1) is 0 Å². The van der Waals surface area contributed by atoms with Crippen LogP contribution in [0.2, 0.25) is 5.02 Å². The summed E-state index contributed by atoms with van der Waals surface area (Å²) in [5.74, 6) is 0.136. The van der Waals surface area contributed by atoms with Gasteiger partial charge in [0.25, 0.3) is 0 Å². The summed E-state index contributed by atoms with van der Waals surface area (Å²) in [7, 11) is 0. The minimum atomic E-state index is -0.494. The van der Waals surface area contributed by atoms with Crippen LogP contribution >= 0.6 is 11.6 Å². The number of benzene rings is 1. The Hall–Kier alpha value is -1.22. The van der Waals surface area contributed by atoms with Crippen molar-refractivity contribution in [2.45, 2.75) is 39.7 Å². The van der Waals surface area contributed by atoms with Gasteiger partial charge >= 0.3 is 0 Å². The van der Waals surface area contributed by atoms with Crippen LogP contribution < -0.4 is 11.1 Å². The SMILES string of the molecule is CC1CC(C)(C)CC1Nc1ccc(C(N)=O)c(Cl)c1. The first-order valence-corrected chi connectivity index (χ1v) is 7.02. The Kier molecular flexibility index (Phi) is 3.77. The second-order valence-corrected chi connectivity index (χ2v) is 6.77. The fourth-order valence-corrected chi connectivity index (χ4v) is 3.38. The van der Waals surface area contributed by atoms with E-state index in [9.17, 15) is 4.79 Å². The van der Waals surface area contributed by atoms with Gasteiger partial charge in [0, 0.05) is 11.7 Å². The van der Waals surface area contributed by atoms with Crippen LogP contribution in [0.4, 0.5) is 5.69 Å². The first-order valence-electron chi connectivity index (χ1n) is 6.64. The molecule has 19 heavy (non-hydrogen) atoms. The molecule has 104 valence electrons. The van der Waals surface area contributed by atoms with E-state index in [1.807, 2.05) is 6.07 Å². The van der Waals surface area contributed by atoms with Crippen molar-refractivity contribution < 1.29 is 4.79 Å². The molecule has 3 nitrogen and oxygen atoms in total. The van der Waals surface area contributed by atoms with Gasteiger partial charge in [-0.1, -0.05) is 32.4 Å². The third-order valence-corrected chi connectivity index (χ3v) is 4.23. The Balaban J connectivity index is 2.12. The summed E-state index contributed by atoms with van der Waals surface area (Å²) < 4.78 is 0. The number of hydrogen-bond donors (Lipinski definition) is 2. The molecule has 2 rings (SSSR count). The lowest BCUT2D eigenvalue weighted by Gasteiger charge is -2.20. The van der Waals surface area contributed by atoms with Gasteiger partial charge in [-0.25, -0.2) is 0 Å². The number of anilines is 1. The first kappa shape index (κ1) is 14.2. The molecule has 0 radical (unpaired) electrons. The van der Waals surface area contributed by atoms with E-state index in [2.05, 4.69) is 26.1 Å². The summed E-state index contributed by atoms with van der Waals surface area (Å²) in [5, 5.41) is 3.92. The van der Waals surface area contributed by atoms with Crippen LogP contribution in [0.1, 0.15) is 44.0 Å². The van der Waals surface area contributed by atoms with Crippen molar-refractivity contribution in [3.8, 4) is 0 Å². The number of carbonyl (C=O) groups is 1. The number of hydrogen-bond acceptors (Lipinski definition) is 2. The lowest BCUT2D eigenvalue weighted by atomic mass is 9.91. The molecule has 1 aromatic carbocycles.